The van der Waals surface area contributed by atoms with Gasteiger partial charge in [0.1, 0.15) is 10.8 Å². The first kappa shape index (κ1) is 10.4. The number of nitrogen functional groups attached to an aromatic ring is 1. The summed E-state index contributed by atoms with van der Waals surface area (Å²) < 4.78 is 1.95. The van der Waals surface area contributed by atoms with Crippen LogP contribution >= 0.6 is 11.6 Å². The summed E-state index contributed by atoms with van der Waals surface area (Å²) in [4.78, 5) is 2.55. The van der Waals surface area contributed by atoms with E-state index in [2.05, 4.69) is 10.00 Å². The molecule has 0 saturated carbocycles. The Hall–Kier alpha value is -0.740. The standard InChI is InChI=1S/C11H17ClN4/c1-7-10(12)11(13)16(14-7)9-4-6-15-5-2-3-8(9)15/h8-9H,2-6,13H2,1H3. The lowest BCUT2D eigenvalue weighted by Gasteiger charge is -2.21. The summed E-state index contributed by atoms with van der Waals surface area (Å²) in [6, 6.07) is 1.05. The molecule has 3 heterocycles. The average Bonchev–Trinajstić information content (AvgIpc) is 2.90. The summed E-state index contributed by atoms with van der Waals surface area (Å²) in [5.74, 6) is 0.637. The molecule has 0 aromatic carbocycles. The predicted molar refractivity (Wildman–Crippen MR) is 64.6 cm³/mol. The molecule has 2 saturated heterocycles. The molecule has 0 radical (unpaired) electrons. The number of hydrogen-bond acceptors (Lipinski definition) is 3. The van der Waals surface area contributed by atoms with Crippen molar-refractivity contribution in [2.24, 2.45) is 0 Å². The van der Waals surface area contributed by atoms with Gasteiger partial charge in [-0.15, -0.1) is 0 Å². The SMILES string of the molecule is Cc1nn(C2CCN3CCCC23)c(N)c1Cl. The van der Waals surface area contributed by atoms with E-state index in [1.165, 1.54) is 25.9 Å². The number of aryl methyl sites for hydroxylation is 1. The molecule has 2 aliphatic rings. The number of nitrogens with zero attached hydrogens (tertiary/aromatic N) is 3. The molecule has 5 heteroatoms. The van der Waals surface area contributed by atoms with E-state index in [-0.39, 0.29) is 0 Å². The monoisotopic (exact) mass is 240 g/mol. The van der Waals surface area contributed by atoms with Crippen LogP contribution < -0.4 is 5.73 Å². The zero-order valence-corrected chi connectivity index (χ0v) is 10.2. The van der Waals surface area contributed by atoms with Crippen molar-refractivity contribution >= 4 is 17.4 Å². The highest BCUT2D eigenvalue weighted by atomic mass is 35.5. The van der Waals surface area contributed by atoms with Crippen LogP contribution in [0.15, 0.2) is 0 Å². The van der Waals surface area contributed by atoms with E-state index in [0.29, 0.717) is 22.9 Å². The topological polar surface area (TPSA) is 47.1 Å². The first-order chi connectivity index (χ1) is 7.68. The highest BCUT2D eigenvalue weighted by Crippen LogP contribution is 2.38. The third-order valence-electron chi connectivity index (χ3n) is 3.93. The molecule has 1 aromatic heterocycles. The van der Waals surface area contributed by atoms with Gasteiger partial charge in [0.15, 0.2) is 0 Å². The maximum absolute atomic E-state index is 6.10. The molecule has 2 unspecified atom stereocenters. The van der Waals surface area contributed by atoms with Crippen molar-refractivity contribution in [2.75, 3.05) is 18.8 Å². The first-order valence-corrected chi connectivity index (χ1v) is 6.30. The molecule has 0 aliphatic carbocycles. The van der Waals surface area contributed by atoms with E-state index >= 15 is 0 Å². The van der Waals surface area contributed by atoms with Crippen LogP contribution in [0.25, 0.3) is 0 Å². The summed E-state index contributed by atoms with van der Waals surface area (Å²) in [5, 5.41) is 5.11. The van der Waals surface area contributed by atoms with E-state index < -0.39 is 0 Å². The Labute approximate surface area is 100 Å². The summed E-state index contributed by atoms with van der Waals surface area (Å²) >= 11 is 6.10. The highest BCUT2D eigenvalue weighted by Gasteiger charge is 2.39. The zero-order valence-electron chi connectivity index (χ0n) is 9.49. The average molecular weight is 241 g/mol. The van der Waals surface area contributed by atoms with E-state index in [4.69, 9.17) is 17.3 Å². The molecular formula is C11H17ClN4. The second kappa shape index (κ2) is 3.64. The lowest BCUT2D eigenvalue weighted by molar-refractivity contribution is 0.283. The molecule has 88 valence electrons. The Morgan fingerprint density at radius 1 is 1.31 bits per heavy atom. The van der Waals surface area contributed by atoms with Gasteiger partial charge in [-0.3, -0.25) is 4.90 Å². The van der Waals surface area contributed by atoms with E-state index in [9.17, 15) is 0 Å². The number of halogens is 1. The summed E-state index contributed by atoms with van der Waals surface area (Å²) in [7, 11) is 0. The molecular weight excluding hydrogens is 224 g/mol. The first-order valence-electron chi connectivity index (χ1n) is 5.92. The molecule has 0 spiro atoms. The van der Waals surface area contributed by atoms with Crippen molar-refractivity contribution in [3.8, 4) is 0 Å². The van der Waals surface area contributed by atoms with Crippen LogP contribution in [0.1, 0.15) is 31.0 Å². The Bertz CT molecular complexity index is 414. The molecule has 2 N–H and O–H groups in total. The maximum Gasteiger partial charge on any atom is 0.141 e. The van der Waals surface area contributed by atoms with Gasteiger partial charge in [-0.2, -0.15) is 5.10 Å². The molecule has 3 rings (SSSR count). The largest absolute Gasteiger partial charge is 0.383 e. The predicted octanol–water partition coefficient (Wildman–Crippen LogP) is 1.84. The minimum atomic E-state index is 0.425. The van der Waals surface area contributed by atoms with Crippen LogP contribution in [-0.4, -0.2) is 33.8 Å². The van der Waals surface area contributed by atoms with Gasteiger partial charge in [-0.05, 0) is 32.7 Å². The van der Waals surface area contributed by atoms with Gasteiger partial charge < -0.3 is 5.73 Å². The Kier molecular flexibility index (Phi) is 2.37. The van der Waals surface area contributed by atoms with Gasteiger partial charge in [0.25, 0.3) is 0 Å². The quantitative estimate of drug-likeness (QED) is 0.815. The van der Waals surface area contributed by atoms with E-state index in [0.717, 1.165) is 12.1 Å². The van der Waals surface area contributed by atoms with E-state index in [1.807, 2.05) is 11.6 Å². The van der Waals surface area contributed by atoms with Crippen LogP contribution in [0.3, 0.4) is 0 Å². The van der Waals surface area contributed by atoms with Gasteiger partial charge >= 0.3 is 0 Å². The highest BCUT2D eigenvalue weighted by molar-refractivity contribution is 6.33. The second-order valence-electron chi connectivity index (χ2n) is 4.83. The second-order valence-corrected chi connectivity index (χ2v) is 5.21. The number of rotatable bonds is 1. The Balaban J connectivity index is 1.95. The van der Waals surface area contributed by atoms with Gasteiger partial charge in [-0.25, -0.2) is 4.68 Å². The van der Waals surface area contributed by atoms with Crippen molar-refractivity contribution < 1.29 is 0 Å². The molecule has 1 aromatic rings. The van der Waals surface area contributed by atoms with Crippen LogP contribution in [0.5, 0.6) is 0 Å². The molecule has 4 nitrogen and oxygen atoms in total. The normalized spacial score (nSPS) is 29.9. The van der Waals surface area contributed by atoms with Crippen molar-refractivity contribution in [1.29, 1.82) is 0 Å². The Morgan fingerprint density at radius 3 is 2.81 bits per heavy atom. The van der Waals surface area contributed by atoms with E-state index in [1.54, 1.807) is 0 Å². The number of hydrogen-bond donors (Lipinski definition) is 1. The molecule has 2 fully saturated rings. The number of fused-ring (bicyclic) bond motifs is 1. The fourth-order valence-electron chi connectivity index (χ4n) is 3.14. The molecule has 2 atom stereocenters. The van der Waals surface area contributed by atoms with Crippen LogP contribution in [0.2, 0.25) is 5.02 Å². The van der Waals surface area contributed by atoms with Crippen molar-refractivity contribution in [3.05, 3.63) is 10.7 Å². The molecule has 16 heavy (non-hydrogen) atoms. The van der Waals surface area contributed by atoms with Crippen molar-refractivity contribution in [3.63, 3.8) is 0 Å². The third-order valence-corrected chi connectivity index (χ3v) is 4.40. The van der Waals surface area contributed by atoms with Crippen LogP contribution in [0.4, 0.5) is 5.82 Å². The third kappa shape index (κ3) is 1.36. The lowest BCUT2D eigenvalue weighted by atomic mass is 10.1. The fourth-order valence-corrected chi connectivity index (χ4v) is 3.26. The molecule has 0 bridgehead atoms. The summed E-state index contributed by atoms with van der Waals surface area (Å²) in [6.07, 6.45) is 3.71. The zero-order chi connectivity index (χ0) is 11.3. The molecule has 2 aliphatic heterocycles. The van der Waals surface area contributed by atoms with Crippen molar-refractivity contribution in [1.82, 2.24) is 14.7 Å². The van der Waals surface area contributed by atoms with Gasteiger partial charge in [0.05, 0.1) is 11.7 Å². The van der Waals surface area contributed by atoms with Crippen LogP contribution in [-0.2, 0) is 0 Å². The maximum atomic E-state index is 6.10. The van der Waals surface area contributed by atoms with Crippen molar-refractivity contribution in [2.45, 2.75) is 38.3 Å². The number of nitrogens with two attached hydrogens (primary N) is 1. The smallest absolute Gasteiger partial charge is 0.141 e. The fraction of sp³-hybridized carbons (Fsp3) is 0.727. The number of aromatic nitrogens is 2. The lowest BCUT2D eigenvalue weighted by Crippen LogP contribution is -2.28. The van der Waals surface area contributed by atoms with Gasteiger partial charge in [-0.1, -0.05) is 11.6 Å². The minimum Gasteiger partial charge on any atom is -0.383 e. The van der Waals surface area contributed by atoms with Crippen LogP contribution in [0, 0.1) is 6.92 Å². The summed E-state index contributed by atoms with van der Waals surface area (Å²) in [6.45, 7) is 4.32. The molecule has 0 amide bonds. The number of anilines is 1. The minimum absolute atomic E-state index is 0.425. The van der Waals surface area contributed by atoms with Gasteiger partial charge in [0.2, 0.25) is 0 Å². The Morgan fingerprint density at radius 2 is 2.12 bits per heavy atom. The van der Waals surface area contributed by atoms with Gasteiger partial charge in [0, 0.05) is 12.6 Å². The summed E-state index contributed by atoms with van der Waals surface area (Å²) in [5.41, 5.74) is 6.86.